The second-order valence-electron chi connectivity index (χ2n) is 6.04. The fourth-order valence-electron chi connectivity index (χ4n) is 2.89. The predicted octanol–water partition coefficient (Wildman–Crippen LogP) is 2.59. The first-order valence-electron chi connectivity index (χ1n) is 7.91. The van der Waals surface area contributed by atoms with Crippen LogP contribution in [0.15, 0.2) is 42.7 Å². The number of pyridine rings is 1. The average Bonchev–Trinajstić information content (AvgIpc) is 2.97. The third-order valence-corrected chi connectivity index (χ3v) is 4.22. The highest BCUT2D eigenvalue weighted by molar-refractivity contribution is 6.00. The van der Waals surface area contributed by atoms with Crippen LogP contribution in [0.4, 0.5) is 14.5 Å². The van der Waals surface area contributed by atoms with Crippen molar-refractivity contribution in [3.63, 3.8) is 0 Å². The van der Waals surface area contributed by atoms with E-state index in [1.165, 1.54) is 4.90 Å². The molecule has 0 spiro atoms. The van der Waals surface area contributed by atoms with Crippen molar-refractivity contribution in [1.82, 2.24) is 10.3 Å². The van der Waals surface area contributed by atoms with Crippen LogP contribution in [-0.2, 0) is 9.59 Å². The van der Waals surface area contributed by atoms with Crippen molar-refractivity contribution in [1.29, 1.82) is 0 Å². The summed E-state index contributed by atoms with van der Waals surface area (Å²) in [5, 5.41) is 2.86. The van der Waals surface area contributed by atoms with Gasteiger partial charge in [0.2, 0.25) is 11.8 Å². The maximum atomic E-state index is 13.4. The number of amides is 2. The van der Waals surface area contributed by atoms with Crippen LogP contribution in [0.25, 0.3) is 0 Å². The third kappa shape index (κ3) is 3.81. The number of benzene rings is 1. The van der Waals surface area contributed by atoms with E-state index in [2.05, 4.69) is 10.3 Å². The first-order chi connectivity index (χ1) is 11.9. The second kappa shape index (κ2) is 6.96. The Morgan fingerprint density at radius 1 is 1.24 bits per heavy atom. The molecule has 2 amide bonds. The van der Waals surface area contributed by atoms with Crippen molar-refractivity contribution < 1.29 is 18.4 Å². The molecular formula is C18H17F2N3O2. The molecule has 1 aliphatic heterocycles. The number of rotatable bonds is 4. The minimum Gasteiger partial charge on any atom is -0.349 e. The maximum absolute atomic E-state index is 13.4. The molecule has 2 aromatic rings. The first-order valence-corrected chi connectivity index (χ1v) is 7.91. The zero-order chi connectivity index (χ0) is 18.0. The quantitative estimate of drug-likeness (QED) is 0.926. The van der Waals surface area contributed by atoms with Gasteiger partial charge in [0.15, 0.2) is 0 Å². The van der Waals surface area contributed by atoms with E-state index in [0.717, 1.165) is 23.8 Å². The van der Waals surface area contributed by atoms with Gasteiger partial charge in [-0.05, 0) is 36.8 Å². The van der Waals surface area contributed by atoms with E-state index in [4.69, 9.17) is 0 Å². The van der Waals surface area contributed by atoms with Crippen LogP contribution in [0, 0.1) is 17.6 Å². The largest absolute Gasteiger partial charge is 0.349 e. The fourth-order valence-corrected chi connectivity index (χ4v) is 2.89. The summed E-state index contributed by atoms with van der Waals surface area (Å²) in [5.74, 6) is -2.69. The number of hydrogen-bond donors (Lipinski definition) is 1. The van der Waals surface area contributed by atoms with Gasteiger partial charge in [0.25, 0.3) is 0 Å². The molecule has 0 radical (unpaired) electrons. The molecule has 1 fully saturated rings. The summed E-state index contributed by atoms with van der Waals surface area (Å²) < 4.78 is 26.7. The SMILES string of the molecule is CC(NC(=O)C1CC(=O)N(c2cc(F)cc(F)c2)C1)c1ccncc1. The normalized spacial score (nSPS) is 18.3. The molecule has 1 N–H and O–H groups in total. The summed E-state index contributed by atoms with van der Waals surface area (Å²) in [6.07, 6.45) is 3.28. The summed E-state index contributed by atoms with van der Waals surface area (Å²) in [4.78, 5) is 29.8. The molecule has 2 heterocycles. The molecule has 25 heavy (non-hydrogen) atoms. The molecule has 0 saturated carbocycles. The number of nitrogens with zero attached hydrogens (tertiary/aromatic N) is 2. The molecule has 1 aromatic carbocycles. The Labute approximate surface area is 143 Å². The molecule has 0 bridgehead atoms. The highest BCUT2D eigenvalue weighted by Gasteiger charge is 2.35. The summed E-state index contributed by atoms with van der Waals surface area (Å²) in [6, 6.07) is 6.28. The van der Waals surface area contributed by atoms with Crippen molar-refractivity contribution >= 4 is 17.5 Å². The Hall–Kier alpha value is -2.83. The molecule has 3 rings (SSSR count). The first kappa shape index (κ1) is 17.0. The lowest BCUT2D eigenvalue weighted by atomic mass is 10.1. The van der Waals surface area contributed by atoms with Crippen LogP contribution in [0.3, 0.4) is 0 Å². The zero-order valence-corrected chi connectivity index (χ0v) is 13.6. The molecule has 1 aromatic heterocycles. The molecule has 1 aliphatic rings. The minimum absolute atomic E-state index is 0.00698. The number of carbonyl (C=O) groups is 2. The maximum Gasteiger partial charge on any atom is 0.227 e. The summed E-state index contributed by atoms with van der Waals surface area (Å²) in [6.45, 7) is 1.93. The summed E-state index contributed by atoms with van der Waals surface area (Å²) in [5.41, 5.74) is 1.02. The third-order valence-electron chi connectivity index (χ3n) is 4.22. The van der Waals surface area contributed by atoms with E-state index in [0.29, 0.717) is 0 Å². The Kier molecular flexibility index (Phi) is 4.74. The van der Waals surface area contributed by atoms with E-state index in [1.807, 2.05) is 6.92 Å². The van der Waals surface area contributed by atoms with Crippen molar-refractivity contribution in [3.8, 4) is 0 Å². The zero-order valence-electron chi connectivity index (χ0n) is 13.6. The lowest BCUT2D eigenvalue weighted by molar-refractivity contribution is -0.126. The average molecular weight is 345 g/mol. The standard InChI is InChI=1S/C18H17F2N3O2/c1-11(12-2-4-21-5-3-12)22-18(25)13-6-17(24)23(10-13)16-8-14(19)7-15(20)9-16/h2-5,7-9,11,13H,6,10H2,1H3,(H,22,25). The monoisotopic (exact) mass is 345 g/mol. The Bertz CT molecular complexity index is 778. The van der Waals surface area contributed by atoms with Crippen molar-refractivity contribution in [3.05, 3.63) is 59.9 Å². The number of anilines is 1. The topological polar surface area (TPSA) is 62.3 Å². The smallest absolute Gasteiger partial charge is 0.227 e. The molecule has 0 aliphatic carbocycles. The van der Waals surface area contributed by atoms with Crippen LogP contribution in [-0.4, -0.2) is 23.3 Å². The van der Waals surface area contributed by atoms with E-state index in [-0.39, 0.29) is 36.5 Å². The molecule has 7 heteroatoms. The minimum atomic E-state index is -0.762. The lowest BCUT2D eigenvalue weighted by Gasteiger charge is -2.19. The number of aromatic nitrogens is 1. The van der Waals surface area contributed by atoms with E-state index < -0.39 is 17.6 Å². The molecule has 1 saturated heterocycles. The van der Waals surface area contributed by atoms with Gasteiger partial charge in [0, 0.05) is 37.1 Å². The highest BCUT2D eigenvalue weighted by atomic mass is 19.1. The van der Waals surface area contributed by atoms with E-state index >= 15 is 0 Å². The van der Waals surface area contributed by atoms with Crippen molar-refractivity contribution in [2.24, 2.45) is 5.92 Å². The van der Waals surface area contributed by atoms with Crippen molar-refractivity contribution in [2.75, 3.05) is 11.4 Å². The predicted molar refractivity (Wildman–Crippen MR) is 87.6 cm³/mol. The number of carbonyl (C=O) groups excluding carboxylic acids is 2. The van der Waals surface area contributed by atoms with Gasteiger partial charge in [0.05, 0.1) is 12.0 Å². The van der Waals surface area contributed by atoms with Gasteiger partial charge in [-0.25, -0.2) is 8.78 Å². The van der Waals surface area contributed by atoms with Crippen LogP contribution in [0.2, 0.25) is 0 Å². The van der Waals surface area contributed by atoms with E-state index in [9.17, 15) is 18.4 Å². The summed E-state index contributed by atoms with van der Waals surface area (Å²) in [7, 11) is 0. The van der Waals surface area contributed by atoms with Gasteiger partial charge in [-0.15, -0.1) is 0 Å². The van der Waals surface area contributed by atoms with E-state index in [1.54, 1.807) is 24.5 Å². The fraction of sp³-hybridized carbons (Fsp3) is 0.278. The van der Waals surface area contributed by atoms with Crippen LogP contribution in [0.1, 0.15) is 24.9 Å². The lowest BCUT2D eigenvalue weighted by Crippen LogP contribution is -2.34. The van der Waals surface area contributed by atoms with Gasteiger partial charge in [0.1, 0.15) is 11.6 Å². The molecule has 130 valence electrons. The van der Waals surface area contributed by atoms with Crippen molar-refractivity contribution in [2.45, 2.75) is 19.4 Å². The Balaban J connectivity index is 1.68. The number of nitrogens with one attached hydrogen (secondary N) is 1. The number of hydrogen-bond acceptors (Lipinski definition) is 3. The molecule has 5 nitrogen and oxygen atoms in total. The van der Waals surface area contributed by atoms with Crippen LogP contribution in [0.5, 0.6) is 0 Å². The van der Waals surface area contributed by atoms with Gasteiger partial charge in [-0.2, -0.15) is 0 Å². The van der Waals surface area contributed by atoms with Crippen LogP contribution >= 0.6 is 0 Å². The number of halogens is 2. The Morgan fingerprint density at radius 2 is 1.88 bits per heavy atom. The highest BCUT2D eigenvalue weighted by Crippen LogP contribution is 2.27. The van der Waals surface area contributed by atoms with Gasteiger partial charge in [-0.3, -0.25) is 14.6 Å². The Morgan fingerprint density at radius 3 is 2.52 bits per heavy atom. The summed E-state index contributed by atoms with van der Waals surface area (Å²) >= 11 is 0. The van der Waals surface area contributed by atoms with Gasteiger partial charge < -0.3 is 10.2 Å². The molecular weight excluding hydrogens is 328 g/mol. The van der Waals surface area contributed by atoms with Gasteiger partial charge >= 0.3 is 0 Å². The van der Waals surface area contributed by atoms with Crippen LogP contribution < -0.4 is 10.2 Å². The van der Waals surface area contributed by atoms with Gasteiger partial charge in [-0.1, -0.05) is 0 Å². The second-order valence-corrected chi connectivity index (χ2v) is 6.04. The molecule has 2 unspecified atom stereocenters. The molecule has 2 atom stereocenters.